The molecule has 178 valence electrons. The standard InChI is InChI=1S/C21H32F3N3O3.HI/c1-2-25-20(26-8-4-9-28-14-19-7-10-29-15-19)27-12-17-5-3-6-18(11-17)13-30-16-21(22,23)24;/h3,5-6,11,19H,2,4,7-10,12-16H2,1H3,(H2,25,26,27);1H. The van der Waals surface area contributed by atoms with Crippen LogP contribution in [0.25, 0.3) is 0 Å². The second kappa shape index (κ2) is 15.7. The maximum Gasteiger partial charge on any atom is 0.411 e. The molecule has 0 saturated carbocycles. The molecule has 2 rings (SSSR count). The van der Waals surface area contributed by atoms with E-state index in [4.69, 9.17) is 14.2 Å². The summed E-state index contributed by atoms with van der Waals surface area (Å²) in [6.45, 7) is 5.61. The van der Waals surface area contributed by atoms with Crippen molar-refractivity contribution in [2.24, 2.45) is 10.9 Å². The quantitative estimate of drug-likeness (QED) is 0.176. The number of halogens is 4. The Kier molecular flexibility index (Phi) is 14.1. The SMILES string of the molecule is CCNC(=NCc1cccc(COCC(F)(F)F)c1)NCCCOCC1CCOC1.I. The number of alkyl halides is 3. The van der Waals surface area contributed by atoms with E-state index in [-0.39, 0.29) is 30.6 Å². The van der Waals surface area contributed by atoms with Gasteiger partial charge in [0.1, 0.15) is 6.61 Å². The molecule has 1 atom stereocenters. The number of benzene rings is 1. The van der Waals surface area contributed by atoms with E-state index in [1.54, 1.807) is 12.1 Å². The van der Waals surface area contributed by atoms with E-state index >= 15 is 0 Å². The molecule has 10 heteroatoms. The van der Waals surface area contributed by atoms with Gasteiger partial charge in [0.05, 0.1) is 26.4 Å². The topological polar surface area (TPSA) is 64.1 Å². The summed E-state index contributed by atoms with van der Waals surface area (Å²) in [5.74, 6) is 1.21. The lowest BCUT2D eigenvalue weighted by atomic mass is 10.1. The molecule has 0 aromatic heterocycles. The van der Waals surface area contributed by atoms with Crippen molar-refractivity contribution in [1.82, 2.24) is 10.6 Å². The zero-order chi connectivity index (χ0) is 21.7. The maximum absolute atomic E-state index is 12.2. The molecule has 1 aliphatic rings. The highest BCUT2D eigenvalue weighted by molar-refractivity contribution is 14.0. The maximum atomic E-state index is 12.2. The summed E-state index contributed by atoms with van der Waals surface area (Å²) in [5.41, 5.74) is 1.59. The first kappa shape index (κ1) is 27.9. The smallest absolute Gasteiger partial charge is 0.381 e. The molecule has 0 radical (unpaired) electrons. The first-order valence-electron chi connectivity index (χ1n) is 10.4. The van der Waals surface area contributed by atoms with Crippen LogP contribution < -0.4 is 10.6 Å². The molecule has 0 aliphatic carbocycles. The molecule has 0 bridgehead atoms. The molecule has 6 nitrogen and oxygen atoms in total. The third-order valence-electron chi connectivity index (χ3n) is 4.43. The normalized spacial score (nSPS) is 16.8. The average molecular weight is 559 g/mol. The Hall–Kier alpha value is -1.11. The van der Waals surface area contributed by atoms with E-state index in [0.717, 1.165) is 51.3 Å². The second-order valence-electron chi connectivity index (χ2n) is 7.21. The van der Waals surface area contributed by atoms with Crippen LogP contribution in [0.3, 0.4) is 0 Å². The lowest BCUT2D eigenvalue weighted by Gasteiger charge is -2.12. The van der Waals surface area contributed by atoms with Crippen molar-refractivity contribution in [1.29, 1.82) is 0 Å². The molecule has 1 heterocycles. The fourth-order valence-corrected chi connectivity index (χ4v) is 2.96. The van der Waals surface area contributed by atoms with Crippen LogP contribution in [-0.2, 0) is 27.4 Å². The highest BCUT2D eigenvalue weighted by atomic mass is 127. The summed E-state index contributed by atoms with van der Waals surface area (Å²) in [7, 11) is 0. The number of ether oxygens (including phenoxy) is 3. The van der Waals surface area contributed by atoms with Crippen LogP contribution in [-0.4, -0.2) is 58.3 Å². The Morgan fingerprint density at radius 2 is 2.03 bits per heavy atom. The fourth-order valence-electron chi connectivity index (χ4n) is 2.96. The van der Waals surface area contributed by atoms with Gasteiger partial charge in [0.15, 0.2) is 5.96 Å². The van der Waals surface area contributed by atoms with Crippen LogP contribution in [0.5, 0.6) is 0 Å². The van der Waals surface area contributed by atoms with Crippen molar-refractivity contribution in [3.05, 3.63) is 35.4 Å². The van der Waals surface area contributed by atoms with Crippen LogP contribution >= 0.6 is 24.0 Å². The van der Waals surface area contributed by atoms with Gasteiger partial charge in [-0.25, -0.2) is 4.99 Å². The number of nitrogens with one attached hydrogen (secondary N) is 2. The first-order chi connectivity index (χ1) is 14.5. The second-order valence-corrected chi connectivity index (χ2v) is 7.21. The van der Waals surface area contributed by atoms with Crippen LogP contribution in [0.1, 0.15) is 30.9 Å². The van der Waals surface area contributed by atoms with Crippen molar-refractivity contribution in [2.45, 2.75) is 39.1 Å². The number of rotatable bonds is 12. The number of nitrogens with zero attached hydrogens (tertiary/aromatic N) is 1. The Bertz CT molecular complexity index is 642. The fraction of sp³-hybridized carbons (Fsp3) is 0.667. The Morgan fingerprint density at radius 3 is 2.74 bits per heavy atom. The van der Waals surface area contributed by atoms with Crippen LogP contribution in [0.2, 0.25) is 0 Å². The van der Waals surface area contributed by atoms with Crippen molar-refractivity contribution in [3.8, 4) is 0 Å². The predicted molar refractivity (Wildman–Crippen MR) is 125 cm³/mol. The zero-order valence-corrected chi connectivity index (χ0v) is 20.2. The van der Waals surface area contributed by atoms with Gasteiger partial charge in [-0.15, -0.1) is 24.0 Å². The predicted octanol–water partition coefficient (Wildman–Crippen LogP) is 3.88. The van der Waals surface area contributed by atoms with Crippen molar-refractivity contribution in [3.63, 3.8) is 0 Å². The lowest BCUT2D eigenvalue weighted by Crippen LogP contribution is -2.38. The third-order valence-corrected chi connectivity index (χ3v) is 4.43. The molecule has 0 spiro atoms. The summed E-state index contributed by atoms with van der Waals surface area (Å²) in [6.07, 6.45) is -2.38. The number of aliphatic imine (C=N–C) groups is 1. The van der Waals surface area contributed by atoms with E-state index in [2.05, 4.69) is 15.6 Å². The molecular weight excluding hydrogens is 526 g/mol. The minimum Gasteiger partial charge on any atom is -0.381 e. The van der Waals surface area contributed by atoms with Crippen LogP contribution in [0, 0.1) is 5.92 Å². The molecule has 1 aliphatic heterocycles. The van der Waals surface area contributed by atoms with Gasteiger partial charge in [-0.05, 0) is 30.9 Å². The summed E-state index contributed by atoms with van der Waals surface area (Å²) in [5, 5.41) is 6.46. The molecule has 31 heavy (non-hydrogen) atoms. The van der Waals surface area contributed by atoms with E-state index < -0.39 is 12.8 Å². The van der Waals surface area contributed by atoms with E-state index in [1.807, 2.05) is 19.1 Å². The van der Waals surface area contributed by atoms with E-state index in [0.29, 0.717) is 30.6 Å². The average Bonchev–Trinajstić information content (AvgIpc) is 3.21. The molecule has 1 saturated heterocycles. The van der Waals surface area contributed by atoms with E-state index in [9.17, 15) is 13.2 Å². The summed E-state index contributed by atoms with van der Waals surface area (Å²) in [4.78, 5) is 4.54. The summed E-state index contributed by atoms with van der Waals surface area (Å²) < 4.78 is 52.3. The van der Waals surface area contributed by atoms with Crippen LogP contribution in [0.4, 0.5) is 13.2 Å². The minimum absolute atomic E-state index is 0. The monoisotopic (exact) mass is 559 g/mol. The lowest BCUT2D eigenvalue weighted by molar-refractivity contribution is -0.176. The van der Waals surface area contributed by atoms with Gasteiger partial charge in [-0.3, -0.25) is 0 Å². The van der Waals surface area contributed by atoms with Gasteiger partial charge >= 0.3 is 6.18 Å². The van der Waals surface area contributed by atoms with Crippen molar-refractivity contribution in [2.75, 3.05) is 46.1 Å². The van der Waals surface area contributed by atoms with Gasteiger partial charge in [-0.1, -0.05) is 24.3 Å². The number of guanidine groups is 1. The highest BCUT2D eigenvalue weighted by Crippen LogP contribution is 2.16. The van der Waals surface area contributed by atoms with Crippen molar-refractivity contribution >= 4 is 29.9 Å². The third kappa shape index (κ3) is 13.1. The minimum atomic E-state index is -4.32. The van der Waals surface area contributed by atoms with Crippen LogP contribution in [0.15, 0.2) is 29.3 Å². The Labute approximate surface area is 199 Å². The van der Waals surface area contributed by atoms with Gasteiger partial charge in [0.25, 0.3) is 0 Å². The summed E-state index contributed by atoms with van der Waals surface area (Å²) >= 11 is 0. The van der Waals surface area contributed by atoms with Gasteiger partial charge in [0, 0.05) is 32.2 Å². The molecule has 1 fully saturated rings. The molecule has 1 unspecified atom stereocenters. The molecule has 2 N–H and O–H groups in total. The van der Waals surface area contributed by atoms with Gasteiger partial charge < -0.3 is 24.8 Å². The number of hydrogen-bond donors (Lipinski definition) is 2. The first-order valence-corrected chi connectivity index (χ1v) is 10.4. The highest BCUT2D eigenvalue weighted by Gasteiger charge is 2.27. The molecule has 1 aromatic carbocycles. The summed E-state index contributed by atoms with van der Waals surface area (Å²) in [6, 6.07) is 7.24. The van der Waals surface area contributed by atoms with Crippen molar-refractivity contribution < 1.29 is 27.4 Å². The largest absolute Gasteiger partial charge is 0.411 e. The van der Waals surface area contributed by atoms with Gasteiger partial charge in [0.2, 0.25) is 0 Å². The Morgan fingerprint density at radius 1 is 1.23 bits per heavy atom. The van der Waals surface area contributed by atoms with E-state index in [1.165, 1.54) is 0 Å². The molecule has 1 aromatic rings. The van der Waals surface area contributed by atoms with Gasteiger partial charge in [-0.2, -0.15) is 13.2 Å². The number of hydrogen-bond acceptors (Lipinski definition) is 4. The molecule has 0 amide bonds. The Balaban J connectivity index is 0.00000480. The zero-order valence-electron chi connectivity index (χ0n) is 17.9. The molecular formula is C21H33F3IN3O3.